The van der Waals surface area contributed by atoms with Gasteiger partial charge in [-0.2, -0.15) is 11.8 Å². The molecule has 1 aliphatic heterocycles. The van der Waals surface area contributed by atoms with Crippen LogP contribution in [0.3, 0.4) is 0 Å². The van der Waals surface area contributed by atoms with E-state index in [4.69, 9.17) is 0 Å². The highest BCUT2D eigenvalue weighted by Gasteiger charge is 2.21. The van der Waals surface area contributed by atoms with E-state index in [9.17, 15) is 4.79 Å². The first-order valence-electron chi connectivity index (χ1n) is 5.92. The molecule has 0 unspecified atom stereocenters. The number of thioether (sulfide) groups is 1. The standard InChI is InChI=1S/C11H22N2OS/c1-3-12-11(14)13-8-6-5-7-10(9-13)15-4-2/h10H,3-9H2,1-2H3,(H,12,14)/t10-/m1/s1. The molecule has 0 saturated carbocycles. The van der Waals surface area contributed by atoms with Gasteiger partial charge in [0, 0.05) is 24.9 Å². The molecule has 1 rings (SSSR count). The molecule has 1 aliphatic rings. The second kappa shape index (κ2) is 6.99. The van der Waals surface area contributed by atoms with Gasteiger partial charge in [0.2, 0.25) is 0 Å². The maximum Gasteiger partial charge on any atom is 0.317 e. The number of hydrogen-bond acceptors (Lipinski definition) is 2. The fourth-order valence-electron chi connectivity index (χ4n) is 1.92. The van der Waals surface area contributed by atoms with Gasteiger partial charge in [0.05, 0.1) is 0 Å². The van der Waals surface area contributed by atoms with Crippen LogP contribution in [-0.2, 0) is 0 Å². The van der Waals surface area contributed by atoms with E-state index in [0.29, 0.717) is 5.25 Å². The monoisotopic (exact) mass is 230 g/mol. The van der Waals surface area contributed by atoms with Gasteiger partial charge >= 0.3 is 6.03 Å². The second-order valence-corrected chi connectivity index (χ2v) is 5.43. The van der Waals surface area contributed by atoms with Crippen molar-refractivity contribution in [2.45, 2.75) is 38.4 Å². The molecule has 0 aliphatic carbocycles. The van der Waals surface area contributed by atoms with Gasteiger partial charge in [-0.3, -0.25) is 0 Å². The van der Waals surface area contributed by atoms with Crippen LogP contribution in [0.5, 0.6) is 0 Å². The van der Waals surface area contributed by atoms with Gasteiger partial charge in [0.1, 0.15) is 0 Å². The van der Waals surface area contributed by atoms with Gasteiger partial charge in [-0.05, 0) is 25.5 Å². The van der Waals surface area contributed by atoms with Crippen molar-refractivity contribution in [2.75, 3.05) is 25.4 Å². The Hall–Kier alpha value is -0.380. The summed E-state index contributed by atoms with van der Waals surface area (Å²) in [4.78, 5) is 13.7. The van der Waals surface area contributed by atoms with E-state index in [1.807, 2.05) is 23.6 Å². The normalized spacial score (nSPS) is 22.3. The first-order chi connectivity index (χ1) is 7.27. The predicted octanol–water partition coefficient (Wildman–Crippen LogP) is 2.32. The molecule has 0 aromatic heterocycles. The molecule has 0 bridgehead atoms. The molecule has 0 spiro atoms. The van der Waals surface area contributed by atoms with E-state index in [0.717, 1.165) is 31.8 Å². The summed E-state index contributed by atoms with van der Waals surface area (Å²) >= 11 is 1.98. The Balaban J connectivity index is 2.44. The van der Waals surface area contributed by atoms with E-state index in [1.165, 1.54) is 12.8 Å². The third-order valence-corrected chi connectivity index (χ3v) is 3.84. The van der Waals surface area contributed by atoms with Crippen LogP contribution in [0.1, 0.15) is 33.1 Å². The third kappa shape index (κ3) is 4.33. The number of urea groups is 1. The number of hydrogen-bond donors (Lipinski definition) is 1. The SMILES string of the molecule is CCNC(=O)N1CCCC[C@@H](SCC)C1. The molecule has 0 aromatic carbocycles. The van der Waals surface area contributed by atoms with Gasteiger partial charge in [0.25, 0.3) is 0 Å². The van der Waals surface area contributed by atoms with Gasteiger partial charge < -0.3 is 10.2 Å². The van der Waals surface area contributed by atoms with Gasteiger partial charge in [-0.1, -0.05) is 13.3 Å². The number of nitrogens with one attached hydrogen (secondary N) is 1. The molecule has 15 heavy (non-hydrogen) atoms. The molecule has 1 atom stereocenters. The van der Waals surface area contributed by atoms with Crippen LogP contribution in [0, 0.1) is 0 Å². The van der Waals surface area contributed by atoms with Crippen LogP contribution in [0.25, 0.3) is 0 Å². The minimum absolute atomic E-state index is 0.112. The summed E-state index contributed by atoms with van der Waals surface area (Å²) in [7, 11) is 0. The van der Waals surface area contributed by atoms with Crippen molar-refractivity contribution in [3.05, 3.63) is 0 Å². The zero-order chi connectivity index (χ0) is 11.1. The Morgan fingerprint density at radius 1 is 1.47 bits per heavy atom. The first-order valence-corrected chi connectivity index (χ1v) is 6.97. The van der Waals surface area contributed by atoms with Crippen LogP contribution in [0.15, 0.2) is 0 Å². The molecule has 1 saturated heterocycles. The number of carbonyl (C=O) groups is 1. The minimum Gasteiger partial charge on any atom is -0.338 e. The maximum absolute atomic E-state index is 11.7. The van der Waals surface area contributed by atoms with Crippen molar-refractivity contribution >= 4 is 17.8 Å². The van der Waals surface area contributed by atoms with E-state index in [1.54, 1.807) is 0 Å². The van der Waals surface area contributed by atoms with Gasteiger partial charge in [0.15, 0.2) is 0 Å². The van der Waals surface area contributed by atoms with E-state index in [2.05, 4.69) is 12.2 Å². The number of likely N-dealkylation sites (tertiary alicyclic amines) is 1. The summed E-state index contributed by atoms with van der Waals surface area (Å²) < 4.78 is 0. The first kappa shape index (κ1) is 12.7. The average Bonchev–Trinajstić information content (AvgIpc) is 2.44. The molecule has 1 N–H and O–H groups in total. The summed E-state index contributed by atoms with van der Waals surface area (Å²) in [6, 6.07) is 0.112. The van der Waals surface area contributed by atoms with Crippen LogP contribution in [0.4, 0.5) is 4.79 Å². The summed E-state index contributed by atoms with van der Waals surface area (Å²) in [5.74, 6) is 1.15. The Kier molecular flexibility index (Phi) is 5.91. The van der Waals surface area contributed by atoms with Crippen molar-refractivity contribution in [1.29, 1.82) is 0 Å². The summed E-state index contributed by atoms with van der Waals surface area (Å²) in [6.07, 6.45) is 3.67. The van der Waals surface area contributed by atoms with Crippen LogP contribution in [0.2, 0.25) is 0 Å². The Labute approximate surface area is 97.0 Å². The molecular weight excluding hydrogens is 208 g/mol. The number of carbonyl (C=O) groups excluding carboxylic acids is 1. The van der Waals surface area contributed by atoms with Crippen molar-refractivity contribution < 1.29 is 4.79 Å². The van der Waals surface area contributed by atoms with Crippen molar-refractivity contribution in [1.82, 2.24) is 10.2 Å². The molecule has 1 fully saturated rings. The molecule has 0 aromatic rings. The zero-order valence-corrected chi connectivity index (χ0v) is 10.6. The lowest BCUT2D eigenvalue weighted by atomic mass is 10.2. The molecular formula is C11H22N2OS. The zero-order valence-electron chi connectivity index (χ0n) is 9.79. The van der Waals surface area contributed by atoms with E-state index < -0.39 is 0 Å². The van der Waals surface area contributed by atoms with E-state index >= 15 is 0 Å². The molecule has 4 heteroatoms. The molecule has 3 nitrogen and oxygen atoms in total. The highest BCUT2D eigenvalue weighted by molar-refractivity contribution is 7.99. The maximum atomic E-state index is 11.7. The van der Waals surface area contributed by atoms with Gasteiger partial charge in [-0.25, -0.2) is 4.79 Å². The lowest BCUT2D eigenvalue weighted by Gasteiger charge is -2.24. The number of nitrogens with zero attached hydrogens (tertiary/aromatic N) is 1. The van der Waals surface area contributed by atoms with Crippen LogP contribution >= 0.6 is 11.8 Å². The van der Waals surface area contributed by atoms with Crippen molar-refractivity contribution in [3.63, 3.8) is 0 Å². The van der Waals surface area contributed by atoms with Gasteiger partial charge in [-0.15, -0.1) is 0 Å². The summed E-state index contributed by atoms with van der Waals surface area (Å²) in [5.41, 5.74) is 0. The number of rotatable bonds is 3. The quantitative estimate of drug-likeness (QED) is 0.807. The lowest BCUT2D eigenvalue weighted by molar-refractivity contribution is 0.201. The fraction of sp³-hybridized carbons (Fsp3) is 0.909. The second-order valence-electron chi connectivity index (χ2n) is 3.85. The highest BCUT2D eigenvalue weighted by atomic mass is 32.2. The Morgan fingerprint density at radius 2 is 2.27 bits per heavy atom. The Bertz CT molecular complexity index is 199. The topological polar surface area (TPSA) is 32.3 Å². The fourth-order valence-corrected chi connectivity index (χ4v) is 3.01. The van der Waals surface area contributed by atoms with Crippen molar-refractivity contribution in [2.24, 2.45) is 0 Å². The Morgan fingerprint density at radius 3 is 2.93 bits per heavy atom. The third-order valence-electron chi connectivity index (χ3n) is 2.65. The summed E-state index contributed by atoms with van der Waals surface area (Å²) in [6.45, 7) is 6.72. The van der Waals surface area contributed by atoms with E-state index in [-0.39, 0.29) is 6.03 Å². The summed E-state index contributed by atoms with van der Waals surface area (Å²) in [5, 5.41) is 3.52. The lowest BCUT2D eigenvalue weighted by Crippen LogP contribution is -2.42. The minimum atomic E-state index is 0.112. The smallest absolute Gasteiger partial charge is 0.317 e. The average molecular weight is 230 g/mol. The van der Waals surface area contributed by atoms with Crippen LogP contribution < -0.4 is 5.32 Å². The van der Waals surface area contributed by atoms with Crippen molar-refractivity contribution in [3.8, 4) is 0 Å². The molecule has 2 amide bonds. The predicted molar refractivity (Wildman–Crippen MR) is 66.4 cm³/mol. The molecule has 0 radical (unpaired) electrons. The molecule has 1 heterocycles. The largest absolute Gasteiger partial charge is 0.338 e. The number of amides is 2. The highest BCUT2D eigenvalue weighted by Crippen LogP contribution is 2.21. The molecule has 88 valence electrons. The van der Waals surface area contributed by atoms with Crippen LogP contribution in [-0.4, -0.2) is 41.6 Å².